The smallest absolute Gasteiger partial charge is 0.122 e. The zero-order valence-corrected chi connectivity index (χ0v) is 16.8. The van der Waals surface area contributed by atoms with Gasteiger partial charge in [-0.1, -0.05) is 48.9 Å². The second kappa shape index (κ2) is 6.64. The highest BCUT2D eigenvalue weighted by Crippen LogP contribution is 2.45. The van der Waals surface area contributed by atoms with Crippen molar-refractivity contribution in [3.05, 3.63) is 78.4 Å². The van der Waals surface area contributed by atoms with E-state index in [0.29, 0.717) is 0 Å². The van der Waals surface area contributed by atoms with E-state index < -0.39 is 5.66 Å². The largest absolute Gasteiger partial charge is 0.363 e. The van der Waals surface area contributed by atoms with E-state index in [-0.39, 0.29) is 5.92 Å². The molecule has 4 aromatic rings. The second-order valence-electron chi connectivity index (χ2n) is 8.47. The third-order valence-electron chi connectivity index (χ3n) is 6.64. The van der Waals surface area contributed by atoms with Crippen LogP contribution in [0.25, 0.3) is 21.8 Å². The lowest BCUT2D eigenvalue weighted by Crippen LogP contribution is -2.55. The van der Waals surface area contributed by atoms with Crippen LogP contribution in [0.15, 0.2) is 77.8 Å². The molecule has 6 rings (SSSR count). The number of aromatic nitrogens is 1. The lowest BCUT2D eigenvalue weighted by Gasteiger charge is -2.45. The third-order valence-corrected chi connectivity index (χ3v) is 6.64. The molecule has 30 heavy (non-hydrogen) atoms. The molecule has 2 atom stereocenters. The number of para-hydroxylation sites is 2. The van der Waals surface area contributed by atoms with Crippen LogP contribution in [0.3, 0.4) is 0 Å². The number of nitrogens with zero attached hydrogens (tertiary/aromatic N) is 2. The van der Waals surface area contributed by atoms with E-state index in [1.807, 2.05) is 12.1 Å². The Morgan fingerprint density at radius 3 is 2.70 bits per heavy atom. The van der Waals surface area contributed by atoms with Gasteiger partial charge in [-0.25, -0.2) is 4.98 Å². The molecule has 4 heteroatoms. The van der Waals surface area contributed by atoms with Gasteiger partial charge in [0.1, 0.15) is 5.66 Å². The molecule has 1 fully saturated rings. The molecule has 1 aliphatic carbocycles. The Morgan fingerprint density at radius 2 is 1.73 bits per heavy atom. The standard InChI is InChI=1S/C26H24N4/c27-26(19-9-2-5-12-24(19)29-25-13-6-3-10-20(25)26)30-23-15-7-14-22-18(23)16-17-8-1-4-11-21(17)28-22/h1-2,4-5,7-9,11-12,14-16,20,30H,3,6,10,13,27H2. The normalized spacial score (nSPS) is 23.0. The summed E-state index contributed by atoms with van der Waals surface area (Å²) in [7, 11) is 0. The van der Waals surface area contributed by atoms with Gasteiger partial charge in [0, 0.05) is 33.7 Å². The van der Waals surface area contributed by atoms with Crippen molar-refractivity contribution in [3.63, 3.8) is 0 Å². The lowest BCUT2D eigenvalue weighted by molar-refractivity contribution is 0.341. The first-order valence-corrected chi connectivity index (χ1v) is 10.7. The fraction of sp³-hybridized carbons (Fsp3) is 0.231. The van der Waals surface area contributed by atoms with Crippen molar-refractivity contribution in [3.8, 4) is 0 Å². The van der Waals surface area contributed by atoms with E-state index in [0.717, 1.165) is 51.6 Å². The first-order chi connectivity index (χ1) is 14.7. The Labute approximate surface area is 175 Å². The summed E-state index contributed by atoms with van der Waals surface area (Å²) in [6.45, 7) is 0. The molecule has 3 N–H and O–H groups in total. The van der Waals surface area contributed by atoms with Crippen LogP contribution in [0, 0.1) is 5.92 Å². The molecule has 0 radical (unpaired) electrons. The Hall–Kier alpha value is -3.24. The molecule has 1 aliphatic heterocycles. The maximum absolute atomic E-state index is 7.25. The van der Waals surface area contributed by atoms with Crippen molar-refractivity contribution < 1.29 is 0 Å². The van der Waals surface area contributed by atoms with Crippen molar-refractivity contribution in [2.45, 2.75) is 31.3 Å². The first kappa shape index (κ1) is 17.6. The van der Waals surface area contributed by atoms with Crippen molar-refractivity contribution in [2.24, 2.45) is 16.6 Å². The van der Waals surface area contributed by atoms with Gasteiger partial charge in [0.05, 0.1) is 16.7 Å². The molecule has 1 saturated carbocycles. The van der Waals surface area contributed by atoms with E-state index in [4.69, 9.17) is 15.7 Å². The van der Waals surface area contributed by atoms with Gasteiger partial charge in [0.2, 0.25) is 0 Å². The molecule has 0 saturated heterocycles. The Bertz CT molecular complexity index is 1310. The molecule has 0 amide bonds. The second-order valence-corrected chi connectivity index (χ2v) is 8.47. The van der Waals surface area contributed by atoms with Crippen LogP contribution in [0.5, 0.6) is 0 Å². The van der Waals surface area contributed by atoms with Gasteiger partial charge >= 0.3 is 0 Å². The minimum absolute atomic E-state index is 0.199. The average molecular weight is 393 g/mol. The first-order valence-electron chi connectivity index (χ1n) is 10.7. The Kier molecular flexibility index (Phi) is 3.90. The van der Waals surface area contributed by atoms with Gasteiger partial charge in [0.15, 0.2) is 0 Å². The fourth-order valence-corrected chi connectivity index (χ4v) is 5.17. The summed E-state index contributed by atoms with van der Waals surface area (Å²) >= 11 is 0. The number of hydrogen-bond acceptors (Lipinski definition) is 4. The number of hydrogen-bond donors (Lipinski definition) is 2. The van der Waals surface area contributed by atoms with Gasteiger partial charge in [-0.15, -0.1) is 0 Å². The summed E-state index contributed by atoms with van der Waals surface area (Å²) in [6, 6.07) is 25.0. The molecule has 3 aromatic carbocycles. The zero-order chi connectivity index (χ0) is 20.1. The molecule has 0 spiro atoms. The number of aliphatic imine (C=N–C) groups is 1. The van der Waals surface area contributed by atoms with Crippen molar-refractivity contribution in [1.82, 2.24) is 4.98 Å². The van der Waals surface area contributed by atoms with E-state index in [1.165, 1.54) is 18.6 Å². The fourth-order valence-electron chi connectivity index (χ4n) is 5.17. The molecule has 2 aliphatic rings. The van der Waals surface area contributed by atoms with Crippen LogP contribution in [-0.2, 0) is 5.66 Å². The highest BCUT2D eigenvalue weighted by atomic mass is 15.1. The van der Waals surface area contributed by atoms with E-state index in [2.05, 4.69) is 66.0 Å². The zero-order valence-electron chi connectivity index (χ0n) is 16.8. The monoisotopic (exact) mass is 392 g/mol. The average Bonchev–Trinajstić information content (AvgIpc) is 2.78. The molecular formula is C26H24N4. The van der Waals surface area contributed by atoms with Crippen molar-refractivity contribution in [2.75, 3.05) is 5.32 Å². The van der Waals surface area contributed by atoms with Crippen LogP contribution >= 0.6 is 0 Å². The van der Waals surface area contributed by atoms with Gasteiger partial charge < -0.3 is 11.1 Å². The van der Waals surface area contributed by atoms with Crippen molar-refractivity contribution >= 4 is 38.9 Å². The SMILES string of the molecule is NC1(Nc2cccc3nc4ccccc4cc23)c2ccccc2N=C2CCCCC21. The molecule has 2 heterocycles. The molecule has 148 valence electrons. The molecular weight excluding hydrogens is 368 g/mol. The number of anilines is 1. The predicted octanol–water partition coefficient (Wildman–Crippen LogP) is 5.89. The van der Waals surface area contributed by atoms with Crippen molar-refractivity contribution in [1.29, 1.82) is 0 Å². The quantitative estimate of drug-likeness (QED) is 0.330. The van der Waals surface area contributed by atoms with Gasteiger partial charge in [0.25, 0.3) is 0 Å². The van der Waals surface area contributed by atoms with Crippen LogP contribution < -0.4 is 11.1 Å². The van der Waals surface area contributed by atoms with Gasteiger partial charge in [-0.2, -0.15) is 0 Å². The van der Waals surface area contributed by atoms with Gasteiger partial charge in [-0.05, 0) is 49.6 Å². The minimum Gasteiger partial charge on any atom is -0.363 e. The topological polar surface area (TPSA) is 63.3 Å². The molecule has 1 aromatic heterocycles. The maximum atomic E-state index is 7.25. The van der Waals surface area contributed by atoms with Crippen LogP contribution in [0.4, 0.5) is 11.4 Å². The highest BCUT2D eigenvalue weighted by Gasteiger charge is 2.44. The molecule has 2 unspecified atom stereocenters. The lowest BCUT2D eigenvalue weighted by atomic mass is 9.73. The summed E-state index contributed by atoms with van der Waals surface area (Å²) in [5.74, 6) is 0.199. The summed E-state index contributed by atoms with van der Waals surface area (Å²) in [5.41, 5.74) is 12.9. The summed E-state index contributed by atoms with van der Waals surface area (Å²) in [5, 5.41) is 6.01. The highest BCUT2D eigenvalue weighted by molar-refractivity contribution is 6.00. The number of pyridine rings is 1. The van der Waals surface area contributed by atoms with E-state index >= 15 is 0 Å². The summed E-state index contributed by atoms with van der Waals surface area (Å²) in [4.78, 5) is 9.87. The predicted molar refractivity (Wildman–Crippen MR) is 124 cm³/mol. The third kappa shape index (κ3) is 2.64. The Morgan fingerprint density at radius 1 is 0.900 bits per heavy atom. The summed E-state index contributed by atoms with van der Waals surface area (Å²) in [6.07, 6.45) is 4.47. The number of fused-ring (bicyclic) bond motifs is 4. The molecule has 4 nitrogen and oxygen atoms in total. The number of nitrogens with two attached hydrogens (primary N) is 1. The van der Waals surface area contributed by atoms with Crippen LogP contribution in [0.2, 0.25) is 0 Å². The van der Waals surface area contributed by atoms with Crippen LogP contribution in [-0.4, -0.2) is 10.7 Å². The Balaban J connectivity index is 1.53. The maximum Gasteiger partial charge on any atom is 0.122 e. The number of rotatable bonds is 2. The van der Waals surface area contributed by atoms with E-state index in [1.54, 1.807) is 0 Å². The molecule has 0 bridgehead atoms. The van der Waals surface area contributed by atoms with Crippen LogP contribution in [0.1, 0.15) is 31.2 Å². The minimum atomic E-state index is -0.686. The number of nitrogens with one attached hydrogen (secondary N) is 1. The number of benzene rings is 3. The van der Waals surface area contributed by atoms with E-state index in [9.17, 15) is 0 Å². The summed E-state index contributed by atoms with van der Waals surface area (Å²) < 4.78 is 0. The van der Waals surface area contributed by atoms with Gasteiger partial charge in [-0.3, -0.25) is 4.99 Å².